The smallest absolute Gasteiger partial charge is 0.337 e. The highest BCUT2D eigenvalue weighted by Gasteiger charge is 2.51. The van der Waals surface area contributed by atoms with Gasteiger partial charge in [-0.25, -0.2) is 9.78 Å². The van der Waals surface area contributed by atoms with Crippen molar-refractivity contribution in [3.63, 3.8) is 0 Å². The number of nitrogen functional groups attached to an aromatic ring is 1. The maximum absolute atomic E-state index is 13.9. The molecule has 5 rings (SSSR count). The second-order valence-electron chi connectivity index (χ2n) is 10.1. The first-order valence-corrected chi connectivity index (χ1v) is 13.5. The number of carbonyl (C=O) groups excluding carboxylic acids is 2. The number of ketones is 1. The van der Waals surface area contributed by atoms with Gasteiger partial charge >= 0.3 is 5.97 Å². The zero-order valence-electron chi connectivity index (χ0n) is 21.1. The van der Waals surface area contributed by atoms with Crippen LogP contribution in [-0.2, 0) is 19.7 Å². The Balaban J connectivity index is 0.00000200. The number of thiazole rings is 1. The van der Waals surface area contributed by atoms with Crippen molar-refractivity contribution in [1.82, 2.24) is 10.3 Å². The SMILES string of the molecule is COc1ccccc1[C@H]1CC(=O)C2=C(C1)NC(C)=C(C(=O)OC1CCCCC1)[C@]2(C)c1cnc(N)s1.[HH].[HH]. The molecule has 8 heteroatoms. The van der Waals surface area contributed by atoms with Crippen LogP contribution in [0.5, 0.6) is 5.75 Å². The number of para-hydroxylation sites is 1. The topological polar surface area (TPSA) is 104 Å². The van der Waals surface area contributed by atoms with Crippen LogP contribution in [0.15, 0.2) is 53.0 Å². The molecule has 1 aromatic heterocycles. The second kappa shape index (κ2) is 9.73. The Morgan fingerprint density at radius 1 is 1.22 bits per heavy atom. The van der Waals surface area contributed by atoms with E-state index in [0.717, 1.165) is 47.6 Å². The van der Waals surface area contributed by atoms with E-state index in [9.17, 15) is 9.59 Å². The number of ether oxygens (including phenoxy) is 2. The van der Waals surface area contributed by atoms with Crippen LogP contribution < -0.4 is 15.8 Å². The highest BCUT2D eigenvalue weighted by atomic mass is 32.1. The van der Waals surface area contributed by atoms with Crippen molar-refractivity contribution in [3.8, 4) is 5.75 Å². The summed E-state index contributed by atoms with van der Waals surface area (Å²) in [5, 5.41) is 3.84. The van der Waals surface area contributed by atoms with Gasteiger partial charge in [-0.05, 0) is 57.6 Å². The van der Waals surface area contributed by atoms with E-state index in [1.807, 2.05) is 38.1 Å². The van der Waals surface area contributed by atoms with Gasteiger partial charge in [0, 0.05) is 43.2 Å². The van der Waals surface area contributed by atoms with Gasteiger partial charge in [-0.1, -0.05) is 24.6 Å². The molecule has 7 nitrogen and oxygen atoms in total. The summed E-state index contributed by atoms with van der Waals surface area (Å²) in [5.41, 5.74) is 8.67. The lowest BCUT2D eigenvalue weighted by molar-refractivity contribution is -0.146. The van der Waals surface area contributed by atoms with Crippen molar-refractivity contribution >= 4 is 28.2 Å². The van der Waals surface area contributed by atoms with Crippen molar-refractivity contribution in [2.75, 3.05) is 12.8 Å². The fourth-order valence-electron chi connectivity index (χ4n) is 6.14. The number of nitrogens with one attached hydrogen (secondary N) is 1. The molecule has 0 unspecified atom stereocenters. The maximum atomic E-state index is 13.9. The number of nitrogens with two attached hydrogens (primary N) is 1. The fourth-order valence-corrected chi connectivity index (χ4v) is 6.98. The zero-order valence-corrected chi connectivity index (χ0v) is 21.9. The molecule has 2 heterocycles. The standard InChI is InChI=1S/C28H33N3O4S.2H2/c1-16-24(26(33)35-18-9-5-4-6-10-18)28(2,23-15-30-27(29)36-23)25-20(31-16)13-17(14-21(25)32)19-11-7-8-12-22(19)34-3;;/h7-8,11-12,15,17-18,31H,4-6,9-10,13-14H2,1-3H3,(H2,29,30);2*1H/t17-,28+;;/m1../s1. The highest BCUT2D eigenvalue weighted by Crippen LogP contribution is 2.51. The number of methoxy groups -OCH3 is 1. The third kappa shape index (κ3) is 4.21. The number of carbonyl (C=O) groups is 2. The zero-order chi connectivity index (χ0) is 25.4. The lowest BCUT2D eigenvalue weighted by Crippen LogP contribution is -2.45. The number of esters is 1. The Labute approximate surface area is 218 Å². The molecule has 194 valence electrons. The number of rotatable bonds is 5. The van der Waals surface area contributed by atoms with E-state index in [0.29, 0.717) is 34.8 Å². The third-order valence-corrected chi connectivity index (χ3v) is 8.85. The molecule has 36 heavy (non-hydrogen) atoms. The van der Waals surface area contributed by atoms with Crippen molar-refractivity contribution in [2.45, 2.75) is 76.2 Å². The minimum atomic E-state index is -0.992. The van der Waals surface area contributed by atoms with E-state index in [1.54, 1.807) is 13.3 Å². The molecule has 1 saturated carbocycles. The summed E-state index contributed by atoms with van der Waals surface area (Å²) in [6.07, 6.45) is 7.62. The molecule has 0 bridgehead atoms. The summed E-state index contributed by atoms with van der Waals surface area (Å²) in [7, 11) is 1.65. The largest absolute Gasteiger partial charge is 0.496 e. The van der Waals surface area contributed by atoms with Gasteiger partial charge in [0.1, 0.15) is 11.9 Å². The van der Waals surface area contributed by atoms with Crippen LogP contribution in [0.25, 0.3) is 0 Å². The van der Waals surface area contributed by atoms with E-state index >= 15 is 0 Å². The normalized spacial score (nSPS) is 24.9. The number of nitrogens with zero attached hydrogens (tertiary/aromatic N) is 1. The van der Waals surface area contributed by atoms with Crippen LogP contribution in [0, 0.1) is 0 Å². The quantitative estimate of drug-likeness (QED) is 0.501. The number of anilines is 1. The molecule has 1 aliphatic heterocycles. The molecule has 1 aromatic carbocycles. The van der Waals surface area contributed by atoms with Gasteiger partial charge in [-0.3, -0.25) is 4.79 Å². The van der Waals surface area contributed by atoms with E-state index in [4.69, 9.17) is 15.2 Å². The lowest BCUT2D eigenvalue weighted by Gasteiger charge is -2.42. The van der Waals surface area contributed by atoms with Gasteiger partial charge in [0.05, 0.1) is 18.1 Å². The molecule has 0 spiro atoms. The molecule has 0 saturated heterocycles. The van der Waals surface area contributed by atoms with Crippen LogP contribution in [0.1, 0.15) is 78.0 Å². The first kappa shape index (κ1) is 24.6. The number of hydrogen-bond acceptors (Lipinski definition) is 8. The molecule has 1 fully saturated rings. The minimum Gasteiger partial charge on any atom is -0.496 e. The Morgan fingerprint density at radius 3 is 2.67 bits per heavy atom. The summed E-state index contributed by atoms with van der Waals surface area (Å²) in [6.45, 7) is 3.83. The third-order valence-electron chi connectivity index (χ3n) is 7.80. The van der Waals surface area contributed by atoms with Crippen LogP contribution in [0.2, 0.25) is 0 Å². The summed E-state index contributed by atoms with van der Waals surface area (Å²) >= 11 is 1.31. The molecule has 2 atom stereocenters. The Kier molecular flexibility index (Phi) is 6.64. The van der Waals surface area contributed by atoms with Crippen LogP contribution in [0.4, 0.5) is 5.13 Å². The summed E-state index contributed by atoms with van der Waals surface area (Å²) < 4.78 is 11.6. The summed E-state index contributed by atoms with van der Waals surface area (Å²) in [6, 6.07) is 7.84. The molecule has 3 N–H and O–H groups in total. The van der Waals surface area contributed by atoms with E-state index < -0.39 is 5.41 Å². The van der Waals surface area contributed by atoms with Crippen LogP contribution in [0.3, 0.4) is 0 Å². The number of allylic oxidation sites excluding steroid dienone is 3. The summed E-state index contributed by atoms with van der Waals surface area (Å²) in [4.78, 5) is 32.7. The molecule has 2 aliphatic carbocycles. The Morgan fingerprint density at radius 2 is 1.97 bits per heavy atom. The van der Waals surface area contributed by atoms with Gasteiger partial charge in [0.2, 0.25) is 0 Å². The van der Waals surface area contributed by atoms with E-state index in [-0.39, 0.29) is 26.6 Å². The number of Topliss-reactive ketones (excluding diaryl/α,β-unsaturated/α-hetero) is 1. The van der Waals surface area contributed by atoms with E-state index in [1.165, 1.54) is 17.8 Å². The monoisotopic (exact) mass is 511 g/mol. The lowest BCUT2D eigenvalue weighted by atomic mass is 9.65. The average molecular weight is 512 g/mol. The van der Waals surface area contributed by atoms with Crippen molar-refractivity contribution in [2.24, 2.45) is 0 Å². The Hall–Kier alpha value is -3.13. The average Bonchev–Trinajstić information content (AvgIpc) is 3.31. The van der Waals surface area contributed by atoms with Gasteiger partial charge in [0.25, 0.3) is 0 Å². The fraction of sp³-hybridized carbons (Fsp3) is 0.464. The van der Waals surface area contributed by atoms with Gasteiger partial charge < -0.3 is 20.5 Å². The first-order chi connectivity index (χ1) is 17.3. The van der Waals surface area contributed by atoms with Crippen LogP contribution >= 0.6 is 11.3 Å². The van der Waals surface area contributed by atoms with Gasteiger partial charge in [-0.2, -0.15) is 0 Å². The van der Waals surface area contributed by atoms with Crippen molar-refractivity contribution in [1.29, 1.82) is 0 Å². The summed E-state index contributed by atoms with van der Waals surface area (Å²) in [5.74, 6) is 0.383. The number of benzene rings is 1. The molecular formula is C28H37N3O4S. The highest BCUT2D eigenvalue weighted by molar-refractivity contribution is 7.15. The maximum Gasteiger partial charge on any atom is 0.337 e. The van der Waals surface area contributed by atoms with Crippen molar-refractivity contribution in [3.05, 3.63) is 63.4 Å². The minimum absolute atomic E-state index is 0. The van der Waals surface area contributed by atoms with E-state index in [2.05, 4.69) is 10.3 Å². The molecular weight excluding hydrogens is 474 g/mol. The van der Waals surface area contributed by atoms with Crippen molar-refractivity contribution < 1.29 is 21.9 Å². The first-order valence-electron chi connectivity index (χ1n) is 12.6. The number of dihydropyridines is 1. The number of aromatic nitrogens is 1. The molecule has 0 radical (unpaired) electrons. The predicted octanol–water partition coefficient (Wildman–Crippen LogP) is 5.64. The van der Waals surface area contributed by atoms with Gasteiger partial charge in [-0.15, -0.1) is 11.3 Å². The number of hydrogen-bond donors (Lipinski definition) is 2. The molecule has 0 amide bonds. The second-order valence-corrected chi connectivity index (χ2v) is 11.2. The predicted molar refractivity (Wildman–Crippen MR) is 144 cm³/mol. The Bertz CT molecular complexity index is 1270. The molecule has 3 aliphatic rings. The molecule has 2 aromatic rings. The van der Waals surface area contributed by atoms with Gasteiger partial charge in [0.15, 0.2) is 10.9 Å². The van der Waals surface area contributed by atoms with Crippen LogP contribution in [-0.4, -0.2) is 30.0 Å².